The van der Waals surface area contributed by atoms with E-state index in [-0.39, 0.29) is 11.6 Å². The van der Waals surface area contributed by atoms with Gasteiger partial charge in [0.2, 0.25) is 0 Å². The highest BCUT2D eigenvalue weighted by molar-refractivity contribution is 5.71. The Morgan fingerprint density at radius 2 is 1.74 bits per heavy atom. The fraction of sp³-hybridized carbons (Fsp3) is 0.941. The van der Waals surface area contributed by atoms with E-state index in [0.29, 0.717) is 23.2 Å². The van der Waals surface area contributed by atoms with Crippen molar-refractivity contribution in [2.45, 2.75) is 78.2 Å². The van der Waals surface area contributed by atoms with E-state index in [2.05, 4.69) is 27.7 Å². The van der Waals surface area contributed by atoms with Crippen molar-refractivity contribution in [3.05, 3.63) is 0 Å². The van der Waals surface area contributed by atoms with Crippen LogP contribution >= 0.6 is 0 Å². The Labute approximate surface area is 117 Å². The lowest BCUT2D eigenvalue weighted by molar-refractivity contribution is -0.215. The van der Waals surface area contributed by atoms with Crippen molar-refractivity contribution < 1.29 is 9.53 Å². The number of rotatable bonds is 0. The zero-order valence-electron chi connectivity index (χ0n) is 12.9. The van der Waals surface area contributed by atoms with Crippen LogP contribution in [0.2, 0.25) is 0 Å². The van der Waals surface area contributed by atoms with Gasteiger partial charge in [-0.25, -0.2) is 0 Å². The van der Waals surface area contributed by atoms with Crippen LogP contribution in [-0.2, 0) is 9.53 Å². The van der Waals surface area contributed by atoms with Crippen LogP contribution in [0.25, 0.3) is 0 Å². The van der Waals surface area contributed by atoms with Gasteiger partial charge in [-0.2, -0.15) is 0 Å². The summed E-state index contributed by atoms with van der Waals surface area (Å²) in [5.74, 6) is 1.38. The molecule has 3 fully saturated rings. The Morgan fingerprint density at radius 3 is 2.47 bits per heavy atom. The lowest BCUT2D eigenvalue weighted by atomic mass is 9.45. The highest BCUT2D eigenvalue weighted by Crippen LogP contribution is 2.64. The first kappa shape index (κ1) is 13.5. The number of carbonyl (C=O) groups excluding carboxylic acids is 1. The van der Waals surface area contributed by atoms with Crippen molar-refractivity contribution in [3.63, 3.8) is 0 Å². The SMILES string of the molecule is CC1(C)CCC[C@]2(C)[C@@H]1CC[C@@]1(C)OC(=O)CC[C@H]21. The minimum atomic E-state index is -0.187. The molecule has 0 bridgehead atoms. The van der Waals surface area contributed by atoms with Crippen molar-refractivity contribution in [3.8, 4) is 0 Å². The summed E-state index contributed by atoms with van der Waals surface area (Å²) in [5, 5.41) is 0. The van der Waals surface area contributed by atoms with E-state index in [9.17, 15) is 4.79 Å². The molecule has 0 aromatic rings. The maximum Gasteiger partial charge on any atom is 0.306 e. The fourth-order valence-corrected chi connectivity index (χ4v) is 5.94. The minimum absolute atomic E-state index is 0.0240. The topological polar surface area (TPSA) is 26.3 Å². The van der Waals surface area contributed by atoms with Gasteiger partial charge >= 0.3 is 5.97 Å². The third-order valence-electron chi connectivity index (χ3n) is 6.72. The number of carbonyl (C=O) groups is 1. The normalized spacial score (nSPS) is 48.9. The van der Waals surface area contributed by atoms with Gasteiger partial charge in [0.1, 0.15) is 5.60 Å². The first-order valence-electron chi connectivity index (χ1n) is 8.00. The summed E-state index contributed by atoms with van der Waals surface area (Å²) < 4.78 is 5.82. The van der Waals surface area contributed by atoms with Crippen LogP contribution in [0.3, 0.4) is 0 Å². The quantitative estimate of drug-likeness (QED) is 0.609. The van der Waals surface area contributed by atoms with Crippen molar-refractivity contribution in [1.82, 2.24) is 0 Å². The molecule has 0 N–H and O–H groups in total. The van der Waals surface area contributed by atoms with Crippen LogP contribution in [0.4, 0.5) is 0 Å². The summed E-state index contributed by atoms with van der Waals surface area (Å²) in [6.45, 7) is 9.58. The second-order valence-corrected chi connectivity index (χ2v) is 8.32. The summed E-state index contributed by atoms with van der Waals surface area (Å²) in [5.41, 5.74) is 0.638. The molecule has 0 radical (unpaired) electrons. The van der Waals surface area contributed by atoms with E-state index in [1.54, 1.807) is 0 Å². The maximum absolute atomic E-state index is 11.7. The molecule has 0 aromatic carbocycles. The molecule has 2 nitrogen and oxygen atoms in total. The van der Waals surface area contributed by atoms with E-state index in [0.717, 1.165) is 18.8 Å². The summed E-state index contributed by atoms with van der Waals surface area (Å²) in [6.07, 6.45) is 7.97. The van der Waals surface area contributed by atoms with Crippen molar-refractivity contribution in [2.75, 3.05) is 0 Å². The zero-order valence-corrected chi connectivity index (χ0v) is 12.9. The third kappa shape index (κ3) is 1.86. The molecule has 2 heteroatoms. The van der Waals surface area contributed by atoms with Crippen LogP contribution in [0.1, 0.15) is 72.6 Å². The molecule has 2 aliphatic carbocycles. The van der Waals surface area contributed by atoms with Gasteiger partial charge in [-0.3, -0.25) is 4.79 Å². The first-order valence-corrected chi connectivity index (χ1v) is 8.00. The molecule has 3 rings (SSSR count). The molecule has 0 amide bonds. The molecule has 108 valence electrons. The van der Waals surface area contributed by atoms with Crippen LogP contribution in [0.5, 0.6) is 0 Å². The molecule has 19 heavy (non-hydrogen) atoms. The molecule has 1 saturated heterocycles. The maximum atomic E-state index is 11.7. The van der Waals surface area contributed by atoms with Gasteiger partial charge in [0.15, 0.2) is 0 Å². The van der Waals surface area contributed by atoms with Gasteiger partial charge in [0.05, 0.1) is 0 Å². The summed E-state index contributed by atoms with van der Waals surface area (Å²) in [7, 11) is 0. The molecule has 2 saturated carbocycles. The standard InChI is InChI=1S/C17H28O2/c1-15(2)9-5-10-16(3)12(15)8-11-17(4)13(16)6-7-14(18)19-17/h12-13H,5-11H2,1-4H3/t12-,13-,16-,17-/m1/s1. The second-order valence-electron chi connectivity index (χ2n) is 8.32. The van der Waals surface area contributed by atoms with Crippen molar-refractivity contribution in [1.29, 1.82) is 0 Å². The third-order valence-corrected chi connectivity index (χ3v) is 6.72. The summed E-state index contributed by atoms with van der Waals surface area (Å²) in [4.78, 5) is 11.7. The second kappa shape index (κ2) is 3.99. The van der Waals surface area contributed by atoms with E-state index in [1.807, 2.05) is 0 Å². The monoisotopic (exact) mass is 264 g/mol. The number of hydrogen-bond acceptors (Lipinski definition) is 2. The Hall–Kier alpha value is -0.530. The van der Waals surface area contributed by atoms with E-state index < -0.39 is 0 Å². The minimum Gasteiger partial charge on any atom is -0.459 e. The van der Waals surface area contributed by atoms with E-state index in [1.165, 1.54) is 25.7 Å². The first-order chi connectivity index (χ1) is 8.78. The van der Waals surface area contributed by atoms with Crippen LogP contribution in [-0.4, -0.2) is 11.6 Å². The predicted molar refractivity (Wildman–Crippen MR) is 75.7 cm³/mol. The van der Waals surface area contributed by atoms with Crippen LogP contribution in [0, 0.1) is 22.7 Å². The number of hydrogen-bond donors (Lipinski definition) is 0. The molecule has 0 spiro atoms. The van der Waals surface area contributed by atoms with Gasteiger partial charge in [-0.1, -0.05) is 27.2 Å². The molecule has 1 heterocycles. The van der Waals surface area contributed by atoms with Crippen molar-refractivity contribution >= 4 is 5.97 Å². The predicted octanol–water partition coefficient (Wildman–Crippen LogP) is 4.32. The highest BCUT2D eigenvalue weighted by Gasteiger charge is 2.60. The van der Waals surface area contributed by atoms with Crippen molar-refractivity contribution in [2.24, 2.45) is 22.7 Å². The summed E-state index contributed by atoms with van der Waals surface area (Å²) >= 11 is 0. The highest BCUT2D eigenvalue weighted by atomic mass is 16.6. The molecule has 0 aromatic heterocycles. The fourth-order valence-electron chi connectivity index (χ4n) is 5.94. The van der Waals surface area contributed by atoms with Gasteiger partial charge < -0.3 is 4.74 Å². The average molecular weight is 264 g/mol. The van der Waals surface area contributed by atoms with Gasteiger partial charge in [-0.05, 0) is 55.8 Å². The molecular weight excluding hydrogens is 236 g/mol. The number of fused-ring (bicyclic) bond motifs is 3. The number of ether oxygens (including phenoxy) is 1. The van der Waals surface area contributed by atoms with Gasteiger partial charge in [-0.15, -0.1) is 0 Å². The van der Waals surface area contributed by atoms with E-state index in [4.69, 9.17) is 4.74 Å². The van der Waals surface area contributed by atoms with Crippen LogP contribution in [0.15, 0.2) is 0 Å². The average Bonchev–Trinajstić information content (AvgIpc) is 2.25. The molecule has 3 aliphatic rings. The van der Waals surface area contributed by atoms with E-state index >= 15 is 0 Å². The Morgan fingerprint density at radius 1 is 1.00 bits per heavy atom. The Kier molecular flexibility index (Phi) is 2.82. The smallest absolute Gasteiger partial charge is 0.306 e. The largest absolute Gasteiger partial charge is 0.459 e. The van der Waals surface area contributed by atoms with Crippen LogP contribution < -0.4 is 0 Å². The molecule has 4 atom stereocenters. The Balaban J connectivity index is 1.97. The Bertz CT molecular complexity index is 400. The lowest BCUT2D eigenvalue weighted by Crippen LogP contribution is -2.60. The molecule has 1 aliphatic heterocycles. The zero-order chi connectivity index (χ0) is 13.9. The van der Waals surface area contributed by atoms with Gasteiger partial charge in [0.25, 0.3) is 0 Å². The van der Waals surface area contributed by atoms with Gasteiger partial charge in [0, 0.05) is 12.3 Å². The molecular formula is C17H28O2. The molecule has 0 unspecified atom stereocenters. The number of esters is 1. The lowest BCUT2D eigenvalue weighted by Gasteiger charge is -2.62. The summed E-state index contributed by atoms with van der Waals surface area (Å²) in [6, 6.07) is 0.